The molecule has 0 bridgehead atoms. The molecule has 10 heteroatoms. The molecule has 1 amide bonds. The van der Waals surface area contributed by atoms with E-state index in [1.807, 2.05) is 40.0 Å². The van der Waals surface area contributed by atoms with Crippen molar-refractivity contribution in [3.8, 4) is 21.9 Å². The first-order chi connectivity index (χ1) is 17.1. The number of carbonyl (C=O) groups is 1. The lowest BCUT2D eigenvalue weighted by Gasteiger charge is -2.27. The van der Waals surface area contributed by atoms with Gasteiger partial charge in [0.2, 0.25) is 0 Å². The minimum Gasteiger partial charge on any atom is -0.453 e. The summed E-state index contributed by atoms with van der Waals surface area (Å²) in [5, 5.41) is 4.47. The molecule has 2 N–H and O–H groups in total. The summed E-state index contributed by atoms with van der Waals surface area (Å²) in [5.41, 5.74) is 7.09. The topological polar surface area (TPSA) is 95.5 Å². The fourth-order valence-electron chi connectivity index (χ4n) is 3.58. The Morgan fingerprint density at radius 3 is 2.72 bits per heavy atom. The Hall–Kier alpha value is -3.66. The van der Waals surface area contributed by atoms with Crippen LogP contribution in [0.4, 0.5) is 14.9 Å². The summed E-state index contributed by atoms with van der Waals surface area (Å²) in [6, 6.07) is 7.99. The molecule has 0 spiro atoms. The smallest absolute Gasteiger partial charge is 0.410 e. The van der Waals surface area contributed by atoms with Crippen molar-refractivity contribution in [2.45, 2.75) is 46.3 Å². The van der Waals surface area contributed by atoms with Crippen molar-refractivity contribution >= 4 is 33.3 Å². The highest BCUT2D eigenvalue weighted by Crippen LogP contribution is 2.39. The number of rotatable bonds is 8. The summed E-state index contributed by atoms with van der Waals surface area (Å²) in [5.74, 6) is 0.0856. The number of nitrogens with zero attached hydrogens (tertiary/aromatic N) is 4. The zero-order valence-corrected chi connectivity index (χ0v) is 21.6. The fourth-order valence-corrected chi connectivity index (χ4v) is 4.62. The average molecular weight is 512 g/mol. The SMILES string of the molecule is CCCN(CCn1cc(-c2cc3nccc(Oc4ccc(N)cc4F)c3s2)cn1)C(=O)OC(C)(C)C. The Labute approximate surface area is 213 Å². The van der Waals surface area contributed by atoms with E-state index in [1.54, 1.807) is 34.1 Å². The van der Waals surface area contributed by atoms with Crippen molar-refractivity contribution in [2.75, 3.05) is 18.8 Å². The second-order valence-electron chi connectivity index (χ2n) is 9.39. The van der Waals surface area contributed by atoms with Crippen molar-refractivity contribution in [1.29, 1.82) is 0 Å². The Morgan fingerprint density at radius 2 is 2.00 bits per heavy atom. The van der Waals surface area contributed by atoms with Crippen LogP contribution in [0.2, 0.25) is 0 Å². The number of pyridine rings is 1. The van der Waals surface area contributed by atoms with Crippen molar-refractivity contribution in [3.63, 3.8) is 0 Å². The van der Waals surface area contributed by atoms with E-state index in [0.717, 1.165) is 27.1 Å². The first-order valence-corrected chi connectivity index (χ1v) is 12.6. The molecule has 0 unspecified atom stereocenters. The second-order valence-corrected chi connectivity index (χ2v) is 10.4. The van der Waals surface area contributed by atoms with Gasteiger partial charge in [-0.2, -0.15) is 5.10 Å². The van der Waals surface area contributed by atoms with E-state index < -0.39 is 11.4 Å². The molecule has 0 atom stereocenters. The largest absolute Gasteiger partial charge is 0.453 e. The quantitative estimate of drug-likeness (QED) is 0.278. The zero-order chi connectivity index (χ0) is 25.9. The normalized spacial score (nSPS) is 11.6. The monoisotopic (exact) mass is 511 g/mol. The van der Waals surface area contributed by atoms with E-state index in [9.17, 15) is 9.18 Å². The zero-order valence-electron chi connectivity index (χ0n) is 20.8. The van der Waals surface area contributed by atoms with E-state index >= 15 is 0 Å². The van der Waals surface area contributed by atoms with Gasteiger partial charge in [-0.05, 0) is 45.4 Å². The number of benzene rings is 1. The number of thiophene rings is 1. The first kappa shape index (κ1) is 25.4. The minimum atomic E-state index is -0.542. The van der Waals surface area contributed by atoms with Gasteiger partial charge in [-0.15, -0.1) is 11.3 Å². The van der Waals surface area contributed by atoms with Gasteiger partial charge in [0.15, 0.2) is 11.6 Å². The predicted octanol–water partition coefficient (Wildman–Crippen LogP) is 6.32. The number of hydrogen-bond donors (Lipinski definition) is 1. The van der Waals surface area contributed by atoms with E-state index in [0.29, 0.717) is 31.1 Å². The number of ether oxygens (including phenoxy) is 2. The van der Waals surface area contributed by atoms with Gasteiger partial charge < -0.3 is 20.1 Å². The third-order valence-electron chi connectivity index (χ3n) is 5.21. The Bertz CT molecular complexity index is 1360. The van der Waals surface area contributed by atoms with E-state index in [4.69, 9.17) is 15.2 Å². The maximum atomic E-state index is 14.3. The Balaban J connectivity index is 1.49. The van der Waals surface area contributed by atoms with Crippen LogP contribution >= 0.6 is 11.3 Å². The van der Waals surface area contributed by atoms with E-state index in [2.05, 4.69) is 10.1 Å². The van der Waals surface area contributed by atoms with Gasteiger partial charge in [0.1, 0.15) is 11.4 Å². The average Bonchev–Trinajstić information content (AvgIpc) is 3.44. The molecule has 4 rings (SSSR count). The maximum Gasteiger partial charge on any atom is 0.410 e. The molecule has 4 aromatic rings. The van der Waals surface area contributed by atoms with Gasteiger partial charge in [-0.25, -0.2) is 9.18 Å². The van der Waals surface area contributed by atoms with Crippen LogP contribution in [0.5, 0.6) is 11.5 Å². The molecule has 0 saturated heterocycles. The van der Waals surface area contributed by atoms with Crippen LogP contribution in [0.3, 0.4) is 0 Å². The van der Waals surface area contributed by atoms with Gasteiger partial charge in [0.25, 0.3) is 0 Å². The van der Waals surface area contributed by atoms with Crippen molar-refractivity contribution in [3.05, 3.63) is 54.7 Å². The predicted molar refractivity (Wildman–Crippen MR) is 140 cm³/mol. The number of anilines is 1. The van der Waals surface area contributed by atoms with Crippen LogP contribution in [0.1, 0.15) is 34.1 Å². The molecule has 8 nitrogen and oxygen atoms in total. The third kappa shape index (κ3) is 6.12. The number of amides is 1. The first-order valence-electron chi connectivity index (χ1n) is 11.7. The molecule has 0 aliphatic heterocycles. The number of hydrogen-bond acceptors (Lipinski definition) is 7. The second kappa shape index (κ2) is 10.5. The number of carbonyl (C=O) groups excluding carboxylic acids is 1. The molecule has 0 aliphatic rings. The van der Waals surface area contributed by atoms with Crippen LogP contribution < -0.4 is 10.5 Å². The fraction of sp³-hybridized carbons (Fsp3) is 0.346. The molecular formula is C26H30FN5O3S. The minimum absolute atomic E-state index is 0.0982. The highest BCUT2D eigenvalue weighted by molar-refractivity contribution is 7.22. The summed E-state index contributed by atoms with van der Waals surface area (Å²) >= 11 is 1.49. The van der Waals surface area contributed by atoms with Crippen LogP contribution in [-0.2, 0) is 11.3 Å². The number of nitrogen functional groups attached to an aromatic ring is 1. The maximum absolute atomic E-state index is 14.3. The lowest BCUT2D eigenvalue weighted by Crippen LogP contribution is -2.39. The number of fused-ring (bicyclic) bond motifs is 1. The lowest BCUT2D eigenvalue weighted by molar-refractivity contribution is 0.0242. The Kier molecular flexibility index (Phi) is 7.44. The number of halogens is 1. The highest BCUT2D eigenvalue weighted by atomic mass is 32.1. The van der Waals surface area contributed by atoms with Gasteiger partial charge in [-0.1, -0.05) is 6.92 Å². The van der Waals surface area contributed by atoms with Crippen LogP contribution in [0.25, 0.3) is 20.7 Å². The summed E-state index contributed by atoms with van der Waals surface area (Å²) in [6.07, 6.45) is 5.86. The molecule has 0 saturated carbocycles. The molecule has 0 fully saturated rings. The molecule has 1 aromatic carbocycles. The lowest BCUT2D eigenvalue weighted by atomic mass is 10.2. The van der Waals surface area contributed by atoms with Crippen molar-refractivity contribution in [2.24, 2.45) is 0 Å². The number of aromatic nitrogens is 3. The number of nitrogens with two attached hydrogens (primary N) is 1. The third-order valence-corrected chi connectivity index (χ3v) is 6.40. The molecule has 3 heterocycles. The highest BCUT2D eigenvalue weighted by Gasteiger charge is 2.21. The van der Waals surface area contributed by atoms with Gasteiger partial charge in [-0.3, -0.25) is 9.67 Å². The van der Waals surface area contributed by atoms with Crippen molar-refractivity contribution < 1.29 is 18.7 Å². The van der Waals surface area contributed by atoms with Crippen LogP contribution in [0.15, 0.2) is 48.9 Å². The molecule has 0 radical (unpaired) electrons. The van der Waals surface area contributed by atoms with Gasteiger partial charge in [0, 0.05) is 53.7 Å². The molecule has 3 aromatic heterocycles. The van der Waals surface area contributed by atoms with Gasteiger partial charge >= 0.3 is 6.09 Å². The summed E-state index contributed by atoms with van der Waals surface area (Å²) in [4.78, 5) is 19.6. The van der Waals surface area contributed by atoms with E-state index in [1.165, 1.54) is 23.5 Å². The summed E-state index contributed by atoms with van der Waals surface area (Å²) in [7, 11) is 0. The van der Waals surface area contributed by atoms with E-state index in [-0.39, 0.29) is 11.8 Å². The Morgan fingerprint density at radius 1 is 1.19 bits per heavy atom. The molecular weight excluding hydrogens is 481 g/mol. The van der Waals surface area contributed by atoms with Crippen molar-refractivity contribution in [1.82, 2.24) is 19.7 Å². The van der Waals surface area contributed by atoms with Crippen LogP contribution in [-0.4, -0.2) is 44.4 Å². The molecule has 36 heavy (non-hydrogen) atoms. The molecule has 0 aliphatic carbocycles. The summed E-state index contributed by atoms with van der Waals surface area (Å²) in [6.45, 7) is 9.24. The standard InChI is InChI=1S/C26H30FN5O3S/c1-5-10-31(25(33)35-26(2,3)4)11-12-32-16-17(15-30-32)23-14-20-24(36-23)22(8-9-29-20)34-21-7-6-18(28)13-19(21)27/h6-9,13-16H,5,10-12,28H2,1-4H3. The van der Waals surface area contributed by atoms with Crippen LogP contribution in [0, 0.1) is 5.82 Å². The summed E-state index contributed by atoms with van der Waals surface area (Å²) < 4.78 is 28.2. The van der Waals surface area contributed by atoms with Gasteiger partial charge in [0.05, 0.1) is 23.0 Å². The molecule has 190 valence electrons.